The number of hydrazone groups is 1. The van der Waals surface area contributed by atoms with E-state index >= 15 is 0 Å². The van der Waals surface area contributed by atoms with Gasteiger partial charge < -0.3 is 14.2 Å². The van der Waals surface area contributed by atoms with Gasteiger partial charge in [0.05, 0.1) is 17.7 Å². The van der Waals surface area contributed by atoms with Crippen LogP contribution in [0, 0.1) is 12.3 Å². The zero-order valence-electron chi connectivity index (χ0n) is 18.9. The predicted octanol–water partition coefficient (Wildman–Crippen LogP) is 5.14. The Morgan fingerprint density at radius 2 is 1.94 bits per heavy atom. The Bertz CT molecular complexity index is 1240. The van der Waals surface area contributed by atoms with E-state index in [1.165, 1.54) is 23.9 Å². The number of hydrogen-bond donors (Lipinski definition) is 1. The van der Waals surface area contributed by atoms with Crippen LogP contribution in [0.25, 0.3) is 6.08 Å². The summed E-state index contributed by atoms with van der Waals surface area (Å²) >= 11 is 7.77. The number of nitrogens with zero attached hydrogens (tertiary/aromatic N) is 3. The van der Waals surface area contributed by atoms with Crippen molar-refractivity contribution < 1.29 is 19.0 Å². The monoisotopic (exact) mass is 498 g/mol. The van der Waals surface area contributed by atoms with E-state index in [9.17, 15) is 4.79 Å². The van der Waals surface area contributed by atoms with Crippen molar-refractivity contribution in [1.29, 1.82) is 5.41 Å². The highest BCUT2D eigenvalue weighted by atomic mass is 35.5. The molecule has 2 aromatic rings. The van der Waals surface area contributed by atoms with Gasteiger partial charge in [0.25, 0.3) is 5.91 Å². The molecule has 34 heavy (non-hydrogen) atoms. The molecule has 2 aliphatic rings. The SMILES string of the molecule is CCC1=NN2C(=N)C(=Cc3cc(Cl)c(OCCOc4ccccc4C)c(OC)c3)C(=O)N=C2S1. The second kappa shape index (κ2) is 10.3. The summed E-state index contributed by atoms with van der Waals surface area (Å²) in [6.45, 7) is 4.52. The van der Waals surface area contributed by atoms with Gasteiger partial charge in [-0.05, 0) is 60.5 Å². The Balaban J connectivity index is 1.50. The van der Waals surface area contributed by atoms with Crippen molar-refractivity contribution in [2.75, 3.05) is 20.3 Å². The first kappa shape index (κ1) is 23.8. The van der Waals surface area contributed by atoms with Crippen molar-refractivity contribution in [2.45, 2.75) is 20.3 Å². The van der Waals surface area contributed by atoms with Crippen LogP contribution < -0.4 is 14.2 Å². The molecule has 0 radical (unpaired) electrons. The number of halogens is 1. The summed E-state index contributed by atoms with van der Waals surface area (Å²) < 4.78 is 17.0. The van der Waals surface area contributed by atoms with E-state index in [0.717, 1.165) is 16.4 Å². The fraction of sp³-hybridized carbons (Fsp3) is 0.250. The zero-order valence-corrected chi connectivity index (χ0v) is 20.5. The third-order valence-corrected chi connectivity index (χ3v) is 6.38. The van der Waals surface area contributed by atoms with Crippen LogP contribution in [0.15, 0.2) is 52.1 Å². The fourth-order valence-electron chi connectivity index (χ4n) is 3.32. The third kappa shape index (κ3) is 4.95. The lowest BCUT2D eigenvalue weighted by Gasteiger charge is -2.20. The minimum Gasteiger partial charge on any atom is -0.493 e. The van der Waals surface area contributed by atoms with E-state index in [1.54, 1.807) is 18.2 Å². The van der Waals surface area contributed by atoms with Crippen molar-refractivity contribution >= 4 is 51.4 Å². The molecular formula is C24H23ClN4O4S. The summed E-state index contributed by atoms with van der Waals surface area (Å²) in [6.07, 6.45) is 2.25. The second-order valence-corrected chi connectivity index (χ2v) is 8.81. The average molecular weight is 499 g/mol. The van der Waals surface area contributed by atoms with Gasteiger partial charge in [0.2, 0.25) is 5.17 Å². The number of amides is 1. The van der Waals surface area contributed by atoms with Gasteiger partial charge >= 0.3 is 0 Å². The topological polar surface area (TPSA) is 96.6 Å². The molecule has 4 rings (SSSR count). The van der Waals surface area contributed by atoms with Gasteiger partial charge in [-0.15, -0.1) is 0 Å². The Morgan fingerprint density at radius 1 is 1.18 bits per heavy atom. The normalized spacial score (nSPS) is 16.4. The van der Waals surface area contributed by atoms with E-state index in [1.807, 2.05) is 38.1 Å². The molecule has 0 saturated carbocycles. The maximum atomic E-state index is 12.6. The van der Waals surface area contributed by atoms with Crippen LogP contribution in [-0.4, -0.2) is 47.3 Å². The highest BCUT2D eigenvalue weighted by Gasteiger charge is 2.35. The van der Waals surface area contributed by atoms with Gasteiger partial charge in [0.15, 0.2) is 17.3 Å². The van der Waals surface area contributed by atoms with Crippen LogP contribution in [0.2, 0.25) is 5.02 Å². The Morgan fingerprint density at radius 3 is 2.68 bits per heavy atom. The summed E-state index contributed by atoms with van der Waals surface area (Å²) in [7, 11) is 1.51. The molecule has 0 aliphatic carbocycles. The molecule has 2 aliphatic heterocycles. The lowest BCUT2D eigenvalue weighted by atomic mass is 10.1. The first-order valence-electron chi connectivity index (χ1n) is 10.6. The van der Waals surface area contributed by atoms with E-state index < -0.39 is 5.91 Å². The van der Waals surface area contributed by atoms with Crippen LogP contribution in [0.1, 0.15) is 24.5 Å². The Kier molecular flexibility index (Phi) is 7.23. The average Bonchev–Trinajstić information content (AvgIpc) is 3.24. The molecule has 0 unspecified atom stereocenters. The molecule has 1 N–H and O–H groups in total. The van der Waals surface area contributed by atoms with Crippen LogP contribution in [0.4, 0.5) is 0 Å². The molecular weight excluding hydrogens is 476 g/mol. The van der Waals surface area contributed by atoms with E-state index in [2.05, 4.69) is 10.1 Å². The summed E-state index contributed by atoms with van der Waals surface area (Å²) in [5.41, 5.74) is 1.73. The van der Waals surface area contributed by atoms with Crippen LogP contribution >= 0.6 is 23.4 Å². The Labute approximate surface area is 206 Å². The minimum absolute atomic E-state index is 0.0327. The van der Waals surface area contributed by atoms with Gasteiger partial charge in [-0.1, -0.05) is 36.7 Å². The largest absolute Gasteiger partial charge is 0.493 e. The van der Waals surface area contributed by atoms with Gasteiger partial charge in [-0.25, -0.2) is 0 Å². The molecule has 2 heterocycles. The van der Waals surface area contributed by atoms with Crippen molar-refractivity contribution in [3.8, 4) is 17.2 Å². The van der Waals surface area contributed by atoms with Crippen molar-refractivity contribution in [1.82, 2.24) is 5.01 Å². The van der Waals surface area contributed by atoms with Gasteiger partial charge in [-0.3, -0.25) is 10.2 Å². The number of thioether (sulfide) groups is 1. The van der Waals surface area contributed by atoms with Crippen molar-refractivity contribution in [3.63, 3.8) is 0 Å². The molecule has 1 amide bonds. The second-order valence-electron chi connectivity index (χ2n) is 7.36. The summed E-state index contributed by atoms with van der Waals surface area (Å²) in [4.78, 5) is 16.7. The number of para-hydroxylation sites is 1. The molecule has 0 saturated heterocycles. The highest BCUT2D eigenvalue weighted by Crippen LogP contribution is 2.37. The number of carbonyl (C=O) groups excluding carboxylic acids is 1. The van der Waals surface area contributed by atoms with Crippen molar-refractivity contribution in [2.24, 2.45) is 10.1 Å². The molecule has 10 heteroatoms. The lowest BCUT2D eigenvalue weighted by molar-refractivity contribution is -0.114. The molecule has 0 spiro atoms. The molecule has 0 atom stereocenters. The molecule has 2 aromatic carbocycles. The van der Waals surface area contributed by atoms with E-state index in [4.69, 9.17) is 31.2 Å². The maximum absolute atomic E-state index is 12.6. The molecule has 0 fully saturated rings. The number of rotatable bonds is 8. The predicted molar refractivity (Wildman–Crippen MR) is 135 cm³/mol. The van der Waals surface area contributed by atoms with Gasteiger partial charge in [-0.2, -0.15) is 15.1 Å². The number of fused-ring (bicyclic) bond motifs is 1. The van der Waals surface area contributed by atoms with E-state index in [-0.39, 0.29) is 18.0 Å². The number of carbonyl (C=O) groups is 1. The number of methoxy groups -OCH3 is 1. The summed E-state index contributed by atoms with van der Waals surface area (Å²) in [5, 5.41) is 15.7. The number of ether oxygens (including phenoxy) is 3. The maximum Gasteiger partial charge on any atom is 0.283 e. The molecule has 8 nitrogen and oxygen atoms in total. The molecule has 176 valence electrons. The minimum atomic E-state index is -0.500. The van der Waals surface area contributed by atoms with Gasteiger partial charge in [0.1, 0.15) is 24.0 Å². The third-order valence-electron chi connectivity index (χ3n) is 5.04. The first-order valence-corrected chi connectivity index (χ1v) is 11.8. The molecule has 0 bridgehead atoms. The lowest BCUT2D eigenvalue weighted by Crippen LogP contribution is -2.35. The van der Waals surface area contributed by atoms with Crippen LogP contribution in [-0.2, 0) is 4.79 Å². The summed E-state index contributed by atoms with van der Waals surface area (Å²) in [6, 6.07) is 11.1. The smallest absolute Gasteiger partial charge is 0.283 e. The zero-order chi connectivity index (χ0) is 24.2. The number of aryl methyl sites for hydroxylation is 1. The Hall–Kier alpha value is -3.30. The number of hydrogen-bond acceptors (Lipinski definition) is 7. The van der Waals surface area contributed by atoms with Crippen LogP contribution in [0.3, 0.4) is 0 Å². The standard InChI is InChI=1S/C24H23ClN4O4S/c1-4-20-28-29-22(26)16(23(30)27-24(29)34-20)11-15-12-17(25)21(19(13-15)31-3)33-10-9-32-18-8-6-5-7-14(18)2/h5-8,11-13,26H,4,9-10H2,1-3H3. The highest BCUT2D eigenvalue weighted by molar-refractivity contribution is 8.26. The van der Waals surface area contributed by atoms with E-state index in [0.29, 0.717) is 40.3 Å². The van der Waals surface area contributed by atoms with Crippen LogP contribution in [0.5, 0.6) is 17.2 Å². The quantitative estimate of drug-likeness (QED) is 0.399. The first-order chi connectivity index (χ1) is 16.4. The van der Waals surface area contributed by atoms with Gasteiger partial charge in [0, 0.05) is 0 Å². The number of benzene rings is 2. The number of nitrogens with one attached hydrogen (secondary N) is 1. The fourth-order valence-corrected chi connectivity index (χ4v) is 4.42. The number of aliphatic imine (C=N–C) groups is 1. The summed E-state index contributed by atoms with van der Waals surface area (Å²) in [5.74, 6) is 1.04. The molecule has 0 aromatic heterocycles. The number of amidine groups is 2. The van der Waals surface area contributed by atoms with Crippen molar-refractivity contribution in [3.05, 3.63) is 58.1 Å².